The van der Waals surface area contributed by atoms with Crippen LogP contribution in [0.4, 0.5) is 0 Å². The summed E-state index contributed by atoms with van der Waals surface area (Å²) in [6.45, 7) is 6.07. The van der Waals surface area contributed by atoms with Gasteiger partial charge in [-0.3, -0.25) is 0 Å². The molecule has 0 radical (unpaired) electrons. The molecule has 2 atom stereocenters. The molecule has 0 heterocycles. The fourth-order valence-corrected chi connectivity index (χ4v) is 2.89. The topological polar surface area (TPSA) is 20.2 Å². The summed E-state index contributed by atoms with van der Waals surface area (Å²) in [5.74, 6) is -0.0404. The summed E-state index contributed by atoms with van der Waals surface area (Å²) in [6, 6.07) is 17.3. The van der Waals surface area contributed by atoms with Crippen LogP contribution in [-0.2, 0) is 0 Å². The number of rotatable bonds is 5. The molecule has 20 heavy (non-hydrogen) atoms. The lowest BCUT2D eigenvalue weighted by atomic mass is 9.97. The van der Waals surface area contributed by atoms with Crippen LogP contribution < -0.4 is 0 Å². The van der Waals surface area contributed by atoms with Crippen molar-refractivity contribution in [3.63, 3.8) is 0 Å². The molecule has 2 aromatic carbocycles. The van der Waals surface area contributed by atoms with Crippen molar-refractivity contribution < 1.29 is 5.11 Å². The van der Waals surface area contributed by atoms with Crippen molar-refractivity contribution in [2.45, 2.75) is 17.9 Å². The molecule has 104 valence electrons. The quantitative estimate of drug-likeness (QED) is 0.755. The minimum atomic E-state index is -0.573. The molecule has 0 saturated heterocycles. The number of aliphatic hydroxyl groups is 1. The van der Waals surface area contributed by atoms with E-state index in [1.54, 1.807) is 23.9 Å². The smallest absolute Gasteiger partial charge is 0.0860 e. The van der Waals surface area contributed by atoms with Gasteiger partial charge in [-0.15, -0.1) is 0 Å². The summed E-state index contributed by atoms with van der Waals surface area (Å²) in [7, 11) is 0. The number of aliphatic hydroxyl groups excluding tert-OH is 1. The summed E-state index contributed by atoms with van der Waals surface area (Å²) in [6.07, 6.45) is -0.573. The Bertz CT molecular complexity index is 565. The Hall–Kier alpha value is -1.22. The highest BCUT2D eigenvalue weighted by Crippen LogP contribution is 2.36. The first-order chi connectivity index (χ1) is 9.58. The van der Waals surface area contributed by atoms with Gasteiger partial charge in [-0.05, 0) is 34.7 Å². The minimum Gasteiger partial charge on any atom is -0.388 e. The Labute approximate surface area is 129 Å². The molecule has 0 bridgehead atoms. The van der Waals surface area contributed by atoms with Crippen molar-refractivity contribution >= 4 is 23.4 Å². The van der Waals surface area contributed by atoms with Gasteiger partial charge in [-0.25, -0.2) is 0 Å². The average Bonchev–Trinajstić information content (AvgIpc) is 2.47. The molecule has 0 aromatic heterocycles. The van der Waals surface area contributed by atoms with Gasteiger partial charge < -0.3 is 5.11 Å². The van der Waals surface area contributed by atoms with Gasteiger partial charge in [0.15, 0.2) is 0 Å². The largest absolute Gasteiger partial charge is 0.388 e. The normalized spacial score (nSPS) is 13.8. The molecule has 0 spiro atoms. The van der Waals surface area contributed by atoms with Crippen molar-refractivity contribution in [3.05, 3.63) is 76.7 Å². The van der Waals surface area contributed by atoms with Gasteiger partial charge in [0.05, 0.1) is 6.10 Å². The van der Waals surface area contributed by atoms with Gasteiger partial charge >= 0.3 is 0 Å². The van der Waals surface area contributed by atoms with E-state index in [1.165, 1.54) is 0 Å². The number of hydrogen-bond donors (Lipinski definition) is 1. The van der Waals surface area contributed by atoms with Gasteiger partial charge in [0.2, 0.25) is 0 Å². The van der Waals surface area contributed by atoms with Gasteiger partial charge in [0, 0.05) is 15.8 Å². The maximum absolute atomic E-state index is 10.4. The molecular formula is C17H17ClOS. The third-order valence-corrected chi connectivity index (χ3v) is 4.58. The zero-order valence-corrected chi connectivity index (χ0v) is 12.9. The number of thioether (sulfide) groups is 1. The fraction of sp³-hybridized carbons (Fsp3) is 0.176. The summed E-state index contributed by atoms with van der Waals surface area (Å²) in [4.78, 5) is 2.08. The van der Waals surface area contributed by atoms with Crippen LogP contribution in [-0.4, -0.2) is 5.11 Å². The second-order valence-corrected chi connectivity index (χ2v) is 6.30. The van der Waals surface area contributed by atoms with E-state index in [0.717, 1.165) is 15.4 Å². The van der Waals surface area contributed by atoms with Crippen molar-refractivity contribution in [1.82, 2.24) is 0 Å². The van der Waals surface area contributed by atoms with Crippen LogP contribution in [0.2, 0.25) is 5.02 Å². The highest BCUT2D eigenvalue weighted by Gasteiger charge is 2.19. The molecule has 2 rings (SSSR count). The van der Waals surface area contributed by atoms with Crippen LogP contribution in [0.5, 0.6) is 0 Å². The molecule has 3 heteroatoms. The van der Waals surface area contributed by atoms with Gasteiger partial charge in [0.25, 0.3) is 0 Å². The Morgan fingerprint density at radius 1 is 1.10 bits per heavy atom. The van der Waals surface area contributed by atoms with Gasteiger partial charge in [0.1, 0.15) is 0 Å². The molecule has 0 aliphatic carbocycles. The maximum atomic E-state index is 10.4. The Balaban J connectivity index is 2.04. The lowest BCUT2D eigenvalue weighted by Gasteiger charge is -2.21. The van der Waals surface area contributed by atoms with Crippen molar-refractivity contribution in [1.29, 1.82) is 0 Å². The SMILES string of the molecule is C=C(Sc1ccccc1)C(C)C(O)c1ccc(Cl)cc1. The van der Waals surface area contributed by atoms with Crippen LogP contribution in [0, 0.1) is 5.92 Å². The first-order valence-corrected chi connectivity index (χ1v) is 7.62. The fourth-order valence-electron chi connectivity index (χ4n) is 1.86. The monoisotopic (exact) mass is 304 g/mol. The first kappa shape index (κ1) is 15.2. The van der Waals surface area contributed by atoms with Gasteiger partial charge in [-0.2, -0.15) is 0 Å². The molecule has 2 aromatic rings. The molecule has 1 N–H and O–H groups in total. The van der Waals surface area contributed by atoms with Crippen molar-refractivity contribution in [2.75, 3.05) is 0 Å². The predicted molar refractivity (Wildman–Crippen MR) is 87.0 cm³/mol. The molecule has 1 nitrogen and oxygen atoms in total. The zero-order chi connectivity index (χ0) is 14.5. The summed E-state index contributed by atoms with van der Waals surface area (Å²) in [5, 5.41) is 11.1. The second-order valence-electron chi connectivity index (χ2n) is 4.67. The lowest BCUT2D eigenvalue weighted by Crippen LogP contribution is -2.09. The molecule has 0 amide bonds. The molecule has 0 fully saturated rings. The van der Waals surface area contributed by atoms with E-state index >= 15 is 0 Å². The molecule has 0 aliphatic heterocycles. The standard InChI is InChI=1S/C17H17ClOS/c1-12(13(2)20-16-6-4-3-5-7-16)17(19)14-8-10-15(18)11-9-14/h3-12,17,19H,2H2,1H3. The van der Waals surface area contributed by atoms with E-state index in [9.17, 15) is 5.11 Å². The van der Waals surface area contributed by atoms with E-state index in [1.807, 2.05) is 49.4 Å². The van der Waals surface area contributed by atoms with Crippen LogP contribution in [0.15, 0.2) is 71.0 Å². The average molecular weight is 305 g/mol. The Kier molecular flexibility index (Phi) is 5.30. The minimum absolute atomic E-state index is 0.0404. The van der Waals surface area contributed by atoms with E-state index in [0.29, 0.717) is 5.02 Å². The van der Waals surface area contributed by atoms with Crippen molar-refractivity contribution in [2.24, 2.45) is 5.92 Å². The molecule has 0 aliphatic rings. The highest BCUT2D eigenvalue weighted by molar-refractivity contribution is 8.03. The molecule has 0 saturated carbocycles. The maximum Gasteiger partial charge on any atom is 0.0860 e. The number of hydrogen-bond acceptors (Lipinski definition) is 2. The summed E-state index contributed by atoms with van der Waals surface area (Å²) < 4.78 is 0. The summed E-state index contributed by atoms with van der Waals surface area (Å²) in [5.41, 5.74) is 0.858. The first-order valence-electron chi connectivity index (χ1n) is 6.43. The lowest BCUT2D eigenvalue weighted by molar-refractivity contribution is 0.138. The van der Waals surface area contributed by atoms with E-state index < -0.39 is 6.10 Å². The molecule has 2 unspecified atom stereocenters. The predicted octanol–water partition coefficient (Wildman–Crippen LogP) is 5.32. The summed E-state index contributed by atoms with van der Waals surface area (Å²) >= 11 is 7.46. The van der Waals surface area contributed by atoms with Crippen LogP contribution in [0.25, 0.3) is 0 Å². The third-order valence-electron chi connectivity index (χ3n) is 3.19. The zero-order valence-electron chi connectivity index (χ0n) is 11.3. The Morgan fingerprint density at radius 3 is 2.30 bits per heavy atom. The van der Waals surface area contributed by atoms with Gasteiger partial charge in [-0.1, -0.05) is 67.2 Å². The third kappa shape index (κ3) is 3.89. The second kappa shape index (κ2) is 6.98. The highest BCUT2D eigenvalue weighted by atomic mass is 35.5. The molecular weight excluding hydrogens is 288 g/mol. The van der Waals surface area contributed by atoms with E-state index in [-0.39, 0.29) is 5.92 Å². The van der Waals surface area contributed by atoms with Crippen LogP contribution in [0.3, 0.4) is 0 Å². The van der Waals surface area contributed by atoms with Crippen LogP contribution in [0.1, 0.15) is 18.6 Å². The Morgan fingerprint density at radius 2 is 1.70 bits per heavy atom. The van der Waals surface area contributed by atoms with E-state index in [4.69, 9.17) is 11.6 Å². The number of halogens is 1. The van der Waals surface area contributed by atoms with Crippen molar-refractivity contribution in [3.8, 4) is 0 Å². The van der Waals surface area contributed by atoms with Crippen LogP contribution >= 0.6 is 23.4 Å². The number of benzene rings is 2. The van der Waals surface area contributed by atoms with E-state index in [2.05, 4.69) is 6.58 Å².